The molecular formula is C15H22FN3O. The molecule has 2 rings (SSSR count). The largest absolute Gasteiger partial charge is 0.371 e. The number of primary amides is 1. The van der Waals surface area contributed by atoms with Gasteiger partial charge in [0.15, 0.2) is 0 Å². The molecule has 0 atom stereocenters. The summed E-state index contributed by atoms with van der Waals surface area (Å²) in [5.41, 5.74) is 5.62. The van der Waals surface area contributed by atoms with Crippen LogP contribution in [0.15, 0.2) is 24.3 Å². The summed E-state index contributed by atoms with van der Waals surface area (Å²) in [5, 5.41) is 3.22. The lowest BCUT2D eigenvalue weighted by molar-refractivity contribution is -0.123. The zero-order valence-electron chi connectivity index (χ0n) is 11.9. The molecule has 0 spiro atoms. The number of benzene rings is 1. The van der Waals surface area contributed by atoms with E-state index in [4.69, 9.17) is 5.73 Å². The Bertz CT molecular complexity index is 453. The van der Waals surface area contributed by atoms with E-state index in [9.17, 15) is 9.18 Å². The number of nitrogens with one attached hydrogen (secondary N) is 1. The van der Waals surface area contributed by atoms with Crippen LogP contribution in [0.5, 0.6) is 0 Å². The number of hydrogen-bond donors (Lipinski definition) is 2. The van der Waals surface area contributed by atoms with Gasteiger partial charge < -0.3 is 16.0 Å². The Balaban J connectivity index is 2.08. The molecule has 3 N–H and O–H groups in total. The van der Waals surface area contributed by atoms with Gasteiger partial charge in [0, 0.05) is 18.8 Å². The molecule has 1 aromatic rings. The number of halogens is 1. The van der Waals surface area contributed by atoms with Crippen molar-refractivity contribution in [2.45, 2.75) is 31.7 Å². The molecule has 0 aliphatic carbocycles. The molecule has 1 amide bonds. The van der Waals surface area contributed by atoms with Crippen LogP contribution in [-0.4, -0.2) is 36.0 Å². The Kier molecular flexibility index (Phi) is 4.60. The van der Waals surface area contributed by atoms with Crippen molar-refractivity contribution in [3.63, 3.8) is 0 Å². The molecule has 0 unspecified atom stereocenters. The zero-order chi connectivity index (χ0) is 14.6. The Hall–Kier alpha value is -1.62. The minimum Gasteiger partial charge on any atom is -0.371 e. The maximum atomic E-state index is 12.9. The Labute approximate surface area is 119 Å². The first kappa shape index (κ1) is 14.8. The minimum absolute atomic E-state index is 0.290. The summed E-state index contributed by atoms with van der Waals surface area (Å²) in [6.45, 7) is 4.90. The summed E-state index contributed by atoms with van der Waals surface area (Å²) in [5.74, 6) is -0.626. The highest BCUT2D eigenvalue weighted by Gasteiger charge is 2.39. The molecular weight excluding hydrogens is 257 g/mol. The van der Waals surface area contributed by atoms with Crippen LogP contribution in [0.2, 0.25) is 0 Å². The van der Waals surface area contributed by atoms with E-state index in [1.54, 1.807) is 12.1 Å². The smallest absolute Gasteiger partial charge is 0.243 e. The lowest BCUT2D eigenvalue weighted by Gasteiger charge is -2.40. The Morgan fingerprint density at radius 2 is 1.95 bits per heavy atom. The molecule has 1 aliphatic rings. The van der Waals surface area contributed by atoms with Crippen molar-refractivity contribution in [1.29, 1.82) is 0 Å². The molecule has 0 bridgehead atoms. The SMILES string of the molecule is CCCN1CCC(Nc2ccc(F)cc2)(C(N)=O)CC1. The number of amides is 1. The predicted octanol–water partition coefficient (Wildman–Crippen LogP) is 1.97. The molecule has 4 nitrogen and oxygen atoms in total. The van der Waals surface area contributed by atoms with Crippen LogP contribution in [0, 0.1) is 5.82 Å². The van der Waals surface area contributed by atoms with Gasteiger partial charge in [0.25, 0.3) is 0 Å². The van der Waals surface area contributed by atoms with E-state index >= 15 is 0 Å². The van der Waals surface area contributed by atoms with E-state index in [1.807, 2.05) is 0 Å². The van der Waals surface area contributed by atoms with Crippen molar-refractivity contribution < 1.29 is 9.18 Å². The summed E-state index contributed by atoms with van der Waals surface area (Å²) >= 11 is 0. The second-order valence-corrected chi connectivity index (χ2v) is 5.42. The highest BCUT2D eigenvalue weighted by Crippen LogP contribution is 2.27. The molecule has 0 aromatic heterocycles. The van der Waals surface area contributed by atoms with Crippen LogP contribution in [0.4, 0.5) is 10.1 Å². The summed E-state index contributed by atoms with van der Waals surface area (Å²) in [6, 6.07) is 6.03. The van der Waals surface area contributed by atoms with Gasteiger partial charge in [-0.2, -0.15) is 0 Å². The lowest BCUT2D eigenvalue weighted by Crippen LogP contribution is -2.57. The fourth-order valence-corrected chi connectivity index (χ4v) is 2.72. The number of nitrogens with two attached hydrogens (primary N) is 1. The zero-order valence-corrected chi connectivity index (χ0v) is 11.9. The van der Waals surface area contributed by atoms with Crippen molar-refractivity contribution >= 4 is 11.6 Å². The summed E-state index contributed by atoms with van der Waals surface area (Å²) in [7, 11) is 0. The molecule has 5 heteroatoms. The van der Waals surface area contributed by atoms with Crippen molar-refractivity contribution in [2.24, 2.45) is 5.73 Å². The number of anilines is 1. The van der Waals surface area contributed by atoms with Crippen LogP contribution in [0.25, 0.3) is 0 Å². The lowest BCUT2D eigenvalue weighted by atomic mass is 9.86. The summed E-state index contributed by atoms with van der Waals surface area (Å²) in [4.78, 5) is 14.2. The molecule has 1 fully saturated rings. The minimum atomic E-state index is -0.720. The molecule has 1 saturated heterocycles. The fourth-order valence-electron chi connectivity index (χ4n) is 2.72. The first-order chi connectivity index (χ1) is 9.55. The number of hydrogen-bond acceptors (Lipinski definition) is 3. The number of piperidine rings is 1. The Morgan fingerprint density at radius 1 is 1.35 bits per heavy atom. The monoisotopic (exact) mass is 279 g/mol. The van der Waals surface area contributed by atoms with Crippen molar-refractivity contribution in [1.82, 2.24) is 4.90 Å². The number of carbonyl (C=O) groups is 1. The van der Waals surface area contributed by atoms with Gasteiger partial charge in [-0.3, -0.25) is 4.79 Å². The molecule has 1 aromatic carbocycles. The normalized spacial score (nSPS) is 18.7. The van der Waals surface area contributed by atoms with Crippen LogP contribution in [0.3, 0.4) is 0 Å². The van der Waals surface area contributed by atoms with E-state index < -0.39 is 5.54 Å². The topological polar surface area (TPSA) is 58.4 Å². The van der Waals surface area contributed by atoms with Gasteiger partial charge in [-0.05, 0) is 50.1 Å². The fraction of sp³-hybridized carbons (Fsp3) is 0.533. The van der Waals surface area contributed by atoms with Crippen LogP contribution >= 0.6 is 0 Å². The quantitative estimate of drug-likeness (QED) is 0.866. The van der Waals surface area contributed by atoms with E-state index in [0.29, 0.717) is 12.8 Å². The molecule has 1 aliphatic heterocycles. The number of carbonyl (C=O) groups excluding carboxylic acids is 1. The van der Waals surface area contributed by atoms with E-state index in [0.717, 1.165) is 31.7 Å². The molecule has 110 valence electrons. The second-order valence-electron chi connectivity index (χ2n) is 5.42. The highest BCUT2D eigenvalue weighted by molar-refractivity contribution is 5.88. The molecule has 0 radical (unpaired) electrons. The molecule has 20 heavy (non-hydrogen) atoms. The predicted molar refractivity (Wildman–Crippen MR) is 77.9 cm³/mol. The number of nitrogens with zero attached hydrogens (tertiary/aromatic N) is 1. The van der Waals surface area contributed by atoms with Crippen molar-refractivity contribution in [3.05, 3.63) is 30.1 Å². The van der Waals surface area contributed by atoms with Crippen molar-refractivity contribution in [2.75, 3.05) is 25.0 Å². The maximum absolute atomic E-state index is 12.9. The maximum Gasteiger partial charge on any atom is 0.243 e. The average molecular weight is 279 g/mol. The van der Waals surface area contributed by atoms with Crippen molar-refractivity contribution in [3.8, 4) is 0 Å². The van der Waals surface area contributed by atoms with Gasteiger partial charge in [0.2, 0.25) is 5.91 Å². The van der Waals surface area contributed by atoms with E-state index in [2.05, 4.69) is 17.1 Å². The van der Waals surface area contributed by atoms with Gasteiger partial charge in [-0.25, -0.2) is 4.39 Å². The van der Waals surface area contributed by atoms with Gasteiger partial charge in [-0.15, -0.1) is 0 Å². The third-order valence-electron chi connectivity index (χ3n) is 3.95. The van der Waals surface area contributed by atoms with Gasteiger partial charge >= 0.3 is 0 Å². The van der Waals surface area contributed by atoms with Gasteiger partial charge in [-0.1, -0.05) is 6.92 Å². The first-order valence-corrected chi connectivity index (χ1v) is 7.12. The van der Waals surface area contributed by atoms with Crippen LogP contribution < -0.4 is 11.1 Å². The van der Waals surface area contributed by atoms with Crippen LogP contribution in [0.1, 0.15) is 26.2 Å². The first-order valence-electron chi connectivity index (χ1n) is 7.12. The number of rotatable bonds is 5. The van der Waals surface area contributed by atoms with Gasteiger partial charge in [0.05, 0.1) is 0 Å². The third kappa shape index (κ3) is 3.28. The average Bonchev–Trinajstić information content (AvgIpc) is 2.44. The molecule has 1 heterocycles. The summed E-state index contributed by atoms with van der Waals surface area (Å²) < 4.78 is 12.9. The van der Waals surface area contributed by atoms with E-state index in [1.165, 1.54) is 12.1 Å². The highest BCUT2D eigenvalue weighted by atomic mass is 19.1. The van der Waals surface area contributed by atoms with Gasteiger partial charge in [0.1, 0.15) is 11.4 Å². The van der Waals surface area contributed by atoms with E-state index in [-0.39, 0.29) is 11.7 Å². The van der Waals surface area contributed by atoms with Crippen LogP contribution in [-0.2, 0) is 4.79 Å². The summed E-state index contributed by atoms with van der Waals surface area (Å²) in [6.07, 6.45) is 2.47. The molecule has 0 saturated carbocycles. The second kappa shape index (κ2) is 6.22. The number of likely N-dealkylation sites (tertiary alicyclic amines) is 1. The third-order valence-corrected chi connectivity index (χ3v) is 3.95. The Morgan fingerprint density at radius 3 is 2.45 bits per heavy atom. The standard InChI is InChI=1S/C15H22FN3O/c1-2-9-19-10-7-15(8-11-19,14(17)20)18-13-5-3-12(16)4-6-13/h3-6,18H,2,7-11H2,1H3,(H2,17,20).